The van der Waals surface area contributed by atoms with Crippen molar-refractivity contribution in [1.82, 2.24) is 0 Å². The summed E-state index contributed by atoms with van der Waals surface area (Å²) in [5.41, 5.74) is 14.1. The first-order valence-electron chi connectivity index (χ1n) is 23.2. The van der Waals surface area contributed by atoms with Gasteiger partial charge < -0.3 is 4.42 Å². The third-order valence-electron chi connectivity index (χ3n) is 14.2. The summed E-state index contributed by atoms with van der Waals surface area (Å²) in [6, 6.07) is 89.3. The van der Waals surface area contributed by atoms with Gasteiger partial charge in [-0.3, -0.25) is 0 Å². The fourth-order valence-electron chi connectivity index (χ4n) is 11.3. The molecular weight excluding hydrogens is 809 g/mol. The maximum Gasteiger partial charge on any atom is 0.135 e. The zero-order valence-corrected chi connectivity index (χ0v) is 36.5. The SMILES string of the molecule is c1ccc(-c2c3ccccc3c(-c3cccc4ccc(-c5ccc6cccc(-c7c8ccccc8c(-c8ccc9oc%10ccccc%10c9c8)c8ccccc78)c6c5)cc34)c3ccccc23)cc1. The van der Waals surface area contributed by atoms with Crippen molar-refractivity contribution in [3.63, 3.8) is 0 Å². The molecule has 0 unspecified atom stereocenters. The first-order chi connectivity index (χ1) is 33.2. The quantitative estimate of drug-likeness (QED) is 0.157. The average Bonchev–Trinajstić information content (AvgIpc) is 3.77. The van der Waals surface area contributed by atoms with Gasteiger partial charge in [-0.25, -0.2) is 0 Å². The molecule has 0 amide bonds. The summed E-state index contributed by atoms with van der Waals surface area (Å²) >= 11 is 0. The highest BCUT2D eigenvalue weighted by Gasteiger charge is 2.21. The molecule has 0 spiro atoms. The largest absolute Gasteiger partial charge is 0.456 e. The molecule has 13 aromatic carbocycles. The molecule has 0 aliphatic rings. The van der Waals surface area contributed by atoms with E-state index >= 15 is 0 Å². The van der Waals surface area contributed by atoms with Gasteiger partial charge in [-0.1, -0.05) is 212 Å². The smallest absolute Gasteiger partial charge is 0.135 e. The van der Waals surface area contributed by atoms with Gasteiger partial charge in [-0.15, -0.1) is 0 Å². The Morgan fingerprint density at radius 2 is 0.567 bits per heavy atom. The van der Waals surface area contributed by atoms with E-state index in [0.29, 0.717) is 0 Å². The van der Waals surface area contributed by atoms with Crippen molar-refractivity contribution in [1.29, 1.82) is 0 Å². The highest BCUT2D eigenvalue weighted by Crippen LogP contribution is 2.48. The van der Waals surface area contributed by atoms with Crippen molar-refractivity contribution in [2.45, 2.75) is 0 Å². The van der Waals surface area contributed by atoms with Gasteiger partial charge in [0.2, 0.25) is 0 Å². The van der Waals surface area contributed by atoms with Gasteiger partial charge in [0, 0.05) is 10.8 Å². The van der Waals surface area contributed by atoms with Crippen molar-refractivity contribution in [3.8, 4) is 55.6 Å². The highest BCUT2D eigenvalue weighted by atomic mass is 16.3. The van der Waals surface area contributed by atoms with Crippen molar-refractivity contribution in [2.24, 2.45) is 0 Å². The molecule has 0 saturated heterocycles. The predicted molar refractivity (Wildman–Crippen MR) is 286 cm³/mol. The Bertz CT molecular complexity index is 4210. The summed E-state index contributed by atoms with van der Waals surface area (Å²) in [6.07, 6.45) is 0. The van der Waals surface area contributed by atoms with Gasteiger partial charge >= 0.3 is 0 Å². The van der Waals surface area contributed by atoms with Gasteiger partial charge in [0.15, 0.2) is 0 Å². The summed E-state index contributed by atoms with van der Waals surface area (Å²) in [5.74, 6) is 0. The van der Waals surface area contributed by atoms with Crippen molar-refractivity contribution in [2.75, 3.05) is 0 Å². The van der Waals surface area contributed by atoms with Crippen LogP contribution in [0.5, 0.6) is 0 Å². The lowest BCUT2D eigenvalue weighted by atomic mass is 9.84. The molecule has 310 valence electrons. The molecule has 1 nitrogen and oxygen atoms in total. The topological polar surface area (TPSA) is 13.1 Å². The molecule has 0 aliphatic carbocycles. The van der Waals surface area contributed by atoms with Gasteiger partial charge in [-0.2, -0.15) is 0 Å². The Balaban J connectivity index is 0.967. The Morgan fingerprint density at radius 1 is 0.194 bits per heavy atom. The number of hydrogen-bond donors (Lipinski definition) is 0. The second-order valence-electron chi connectivity index (χ2n) is 17.8. The maximum atomic E-state index is 6.27. The minimum absolute atomic E-state index is 0.906. The summed E-state index contributed by atoms with van der Waals surface area (Å²) in [6.45, 7) is 0. The average molecular weight is 849 g/mol. The molecule has 0 atom stereocenters. The van der Waals surface area contributed by atoms with Crippen LogP contribution in [-0.4, -0.2) is 0 Å². The van der Waals surface area contributed by atoms with Crippen LogP contribution in [0.4, 0.5) is 0 Å². The van der Waals surface area contributed by atoms with E-state index in [1.807, 2.05) is 6.07 Å². The van der Waals surface area contributed by atoms with Crippen LogP contribution in [-0.2, 0) is 0 Å². The molecule has 0 bridgehead atoms. The van der Waals surface area contributed by atoms with Crippen LogP contribution in [0, 0.1) is 0 Å². The number of rotatable bonds is 5. The van der Waals surface area contributed by atoms with Crippen LogP contribution in [0.1, 0.15) is 0 Å². The van der Waals surface area contributed by atoms with E-state index < -0.39 is 0 Å². The Morgan fingerprint density at radius 3 is 1.06 bits per heavy atom. The molecule has 0 aliphatic heterocycles. The predicted octanol–water partition coefficient (Wildman–Crippen LogP) is 18.8. The zero-order chi connectivity index (χ0) is 44.0. The minimum atomic E-state index is 0.906. The first kappa shape index (κ1) is 37.6. The fraction of sp³-hybridized carbons (Fsp3) is 0. The van der Waals surface area contributed by atoms with Crippen molar-refractivity contribution >= 4 is 86.6 Å². The normalized spacial score (nSPS) is 11.9. The lowest BCUT2D eigenvalue weighted by Gasteiger charge is -2.19. The van der Waals surface area contributed by atoms with E-state index in [1.54, 1.807) is 0 Å². The van der Waals surface area contributed by atoms with Crippen LogP contribution >= 0.6 is 0 Å². The maximum absolute atomic E-state index is 6.27. The van der Waals surface area contributed by atoms with E-state index in [4.69, 9.17) is 4.42 Å². The molecule has 0 saturated carbocycles. The standard InChI is InChI=1S/C66H40O/c1-2-16-43(17-3-1)63-48-21-4-8-25-52(48)65(53-26-9-5-22-49(53)63)56-29-14-18-41-32-34-44(38-58(41)56)45-35-33-42-19-15-30-57(59(42)39-45)66-54-27-10-6-23-50(54)64(51-24-7-11-28-55(51)66)46-36-37-62-60(40-46)47-20-12-13-31-61(47)67-62/h1-40H. The second-order valence-corrected chi connectivity index (χ2v) is 17.8. The second kappa shape index (κ2) is 14.9. The van der Waals surface area contributed by atoms with Crippen LogP contribution in [0.3, 0.4) is 0 Å². The monoisotopic (exact) mass is 848 g/mol. The number of para-hydroxylation sites is 1. The number of benzene rings is 13. The summed E-state index contributed by atoms with van der Waals surface area (Å²) < 4.78 is 6.27. The highest BCUT2D eigenvalue weighted by molar-refractivity contribution is 6.26. The molecule has 0 fully saturated rings. The Hall–Kier alpha value is -8.78. The summed E-state index contributed by atoms with van der Waals surface area (Å²) in [5, 5.41) is 17.2. The van der Waals surface area contributed by atoms with Crippen molar-refractivity contribution < 1.29 is 4.42 Å². The van der Waals surface area contributed by atoms with E-state index in [1.165, 1.54) is 120 Å². The molecule has 1 aromatic heterocycles. The Labute approximate surface area is 387 Å². The van der Waals surface area contributed by atoms with Crippen LogP contribution in [0.2, 0.25) is 0 Å². The number of furan rings is 1. The van der Waals surface area contributed by atoms with Crippen LogP contribution < -0.4 is 0 Å². The molecule has 0 radical (unpaired) electrons. The minimum Gasteiger partial charge on any atom is -0.456 e. The van der Waals surface area contributed by atoms with Crippen LogP contribution in [0.15, 0.2) is 247 Å². The lowest BCUT2D eigenvalue weighted by molar-refractivity contribution is 0.669. The number of hydrogen-bond acceptors (Lipinski definition) is 1. The molecule has 0 N–H and O–H groups in total. The van der Waals surface area contributed by atoms with Gasteiger partial charge in [0.05, 0.1) is 0 Å². The lowest BCUT2D eigenvalue weighted by Crippen LogP contribution is -1.92. The summed E-state index contributed by atoms with van der Waals surface area (Å²) in [4.78, 5) is 0. The molecule has 1 heteroatoms. The van der Waals surface area contributed by atoms with E-state index in [-0.39, 0.29) is 0 Å². The summed E-state index contributed by atoms with van der Waals surface area (Å²) in [7, 11) is 0. The van der Waals surface area contributed by atoms with Gasteiger partial charge in [0.25, 0.3) is 0 Å². The van der Waals surface area contributed by atoms with E-state index in [2.05, 4.69) is 237 Å². The van der Waals surface area contributed by atoms with Gasteiger partial charge in [-0.05, 0) is 151 Å². The van der Waals surface area contributed by atoms with Crippen LogP contribution in [0.25, 0.3) is 142 Å². The van der Waals surface area contributed by atoms with E-state index in [0.717, 1.165) is 21.9 Å². The molecule has 14 rings (SSSR count). The molecule has 14 aromatic rings. The molecular formula is C66H40O. The molecule has 1 heterocycles. The van der Waals surface area contributed by atoms with Gasteiger partial charge in [0.1, 0.15) is 11.2 Å². The fourth-order valence-corrected chi connectivity index (χ4v) is 11.3. The number of fused-ring (bicyclic) bond motifs is 9. The third kappa shape index (κ3) is 5.81. The van der Waals surface area contributed by atoms with E-state index in [9.17, 15) is 0 Å². The molecule has 67 heavy (non-hydrogen) atoms. The Kier molecular flexibility index (Phi) is 8.35. The first-order valence-corrected chi connectivity index (χ1v) is 23.2. The zero-order valence-electron chi connectivity index (χ0n) is 36.5. The third-order valence-corrected chi connectivity index (χ3v) is 14.2. The van der Waals surface area contributed by atoms with Crippen molar-refractivity contribution in [3.05, 3.63) is 243 Å².